The zero-order valence-corrected chi connectivity index (χ0v) is 17.0. The lowest BCUT2D eigenvalue weighted by Gasteiger charge is -2.29. The van der Waals surface area contributed by atoms with E-state index >= 15 is 0 Å². The first kappa shape index (κ1) is 18.9. The van der Waals surface area contributed by atoms with E-state index in [-0.39, 0.29) is 11.8 Å². The molecular weight excluding hydrogens is 400 g/mol. The maximum atomic E-state index is 13.5. The smallest absolute Gasteiger partial charge is 0.266 e. The van der Waals surface area contributed by atoms with Crippen LogP contribution in [0, 0.1) is 12.8 Å². The molecule has 0 saturated carbocycles. The van der Waals surface area contributed by atoms with Gasteiger partial charge in [0, 0.05) is 5.02 Å². The number of fused-ring (bicyclic) bond motifs is 1. The van der Waals surface area contributed by atoms with E-state index in [0.717, 1.165) is 16.8 Å². The number of anilines is 2. The van der Waals surface area contributed by atoms with Crippen molar-refractivity contribution in [3.8, 4) is 0 Å². The van der Waals surface area contributed by atoms with Crippen LogP contribution in [0.3, 0.4) is 0 Å². The molecule has 2 saturated heterocycles. The van der Waals surface area contributed by atoms with Crippen LogP contribution in [0.15, 0.2) is 78.9 Å². The van der Waals surface area contributed by atoms with E-state index in [9.17, 15) is 9.59 Å². The number of rotatable bonds is 3. The molecule has 6 heteroatoms. The second kappa shape index (κ2) is 7.27. The maximum Gasteiger partial charge on any atom is 0.266 e. The second-order valence-corrected chi connectivity index (χ2v) is 7.93. The standard InChI is InChI=1S/C24H19ClN2O3/c1-15-11-13-16(14-12-15)26-23(28)20-21(18-9-5-6-10-19(18)25)27(30-22(20)24(26)29)17-7-3-2-4-8-17/h2-14,20-22H,1H3/t20-,21+,22-/m1/s1. The molecule has 2 aliphatic rings. The number of amides is 2. The van der Waals surface area contributed by atoms with Crippen molar-refractivity contribution in [2.45, 2.75) is 19.1 Å². The van der Waals surface area contributed by atoms with Gasteiger partial charge in [0.25, 0.3) is 5.91 Å². The molecule has 2 aliphatic heterocycles. The Kier molecular flexibility index (Phi) is 4.57. The van der Waals surface area contributed by atoms with Crippen molar-refractivity contribution in [1.82, 2.24) is 0 Å². The van der Waals surface area contributed by atoms with Crippen LogP contribution in [0.4, 0.5) is 11.4 Å². The van der Waals surface area contributed by atoms with Crippen molar-refractivity contribution in [1.29, 1.82) is 0 Å². The first-order chi connectivity index (χ1) is 14.6. The minimum Gasteiger partial charge on any atom is -0.273 e. The Hall–Kier alpha value is -3.15. The summed E-state index contributed by atoms with van der Waals surface area (Å²) in [6.45, 7) is 1.96. The van der Waals surface area contributed by atoms with Gasteiger partial charge in [0.1, 0.15) is 5.92 Å². The van der Waals surface area contributed by atoms with Crippen molar-refractivity contribution in [2.24, 2.45) is 5.92 Å². The molecule has 3 aromatic rings. The number of nitrogens with zero attached hydrogens (tertiary/aromatic N) is 2. The summed E-state index contributed by atoms with van der Waals surface area (Å²) in [6.07, 6.45) is -0.903. The number of para-hydroxylation sites is 1. The highest BCUT2D eigenvalue weighted by atomic mass is 35.5. The monoisotopic (exact) mass is 418 g/mol. The highest BCUT2D eigenvalue weighted by Crippen LogP contribution is 2.48. The summed E-state index contributed by atoms with van der Waals surface area (Å²) in [5.74, 6) is -1.33. The SMILES string of the molecule is Cc1ccc(N2C(=O)[C@H]3[C@@H](ON(c4ccccc4)[C@H]3c3ccccc3Cl)C2=O)cc1. The number of carbonyl (C=O) groups excluding carboxylic acids is 2. The number of aryl methyl sites for hydroxylation is 1. The van der Waals surface area contributed by atoms with Crippen LogP contribution in [-0.2, 0) is 14.4 Å². The van der Waals surface area contributed by atoms with E-state index in [1.54, 1.807) is 23.3 Å². The summed E-state index contributed by atoms with van der Waals surface area (Å²) in [4.78, 5) is 34.1. The highest BCUT2D eigenvalue weighted by Gasteiger charge is 2.60. The molecule has 3 atom stereocenters. The first-order valence-electron chi connectivity index (χ1n) is 9.76. The Balaban J connectivity index is 1.60. The van der Waals surface area contributed by atoms with Crippen molar-refractivity contribution >= 4 is 34.8 Å². The summed E-state index contributed by atoms with van der Waals surface area (Å²) >= 11 is 6.51. The molecule has 2 amide bonds. The minimum atomic E-state index is -0.903. The molecule has 3 aromatic carbocycles. The van der Waals surface area contributed by atoms with Crippen molar-refractivity contribution < 1.29 is 14.4 Å². The first-order valence-corrected chi connectivity index (χ1v) is 10.1. The van der Waals surface area contributed by atoms with E-state index in [1.165, 1.54) is 4.90 Å². The normalized spacial score (nSPS) is 23.2. The zero-order valence-electron chi connectivity index (χ0n) is 16.2. The molecule has 2 fully saturated rings. The van der Waals surface area contributed by atoms with Gasteiger partial charge in [0.2, 0.25) is 5.91 Å². The largest absolute Gasteiger partial charge is 0.273 e. The lowest BCUT2D eigenvalue weighted by atomic mass is 9.90. The van der Waals surface area contributed by atoms with Gasteiger partial charge >= 0.3 is 0 Å². The van der Waals surface area contributed by atoms with Gasteiger partial charge in [-0.1, -0.05) is 65.7 Å². The third-order valence-electron chi connectivity index (χ3n) is 5.64. The predicted octanol–water partition coefficient (Wildman–Crippen LogP) is 4.70. The van der Waals surface area contributed by atoms with Gasteiger partial charge in [-0.25, -0.2) is 9.96 Å². The van der Waals surface area contributed by atoms with E-state index in [2.05, 4.69) is 0 Å². The summed E-state index contributed by atoms with van der Waals surface area (Å²) in [7, 11) is 0. The number of halogens is 1. The van der Waals surface area contributed by atoms with Crippen LogP contribution >= 0.6 is 11.6 Å². The second-order valence-electron chi connectivity index (χ2n) is 7.53. The number of hydroxylamine groups is 1. The molecule has 150 valence electrons. The fourth-order valence-electron chi connectivity index (χ4n) is 4.19. The fraction of sp³-hybridized carbons (Fsp3) is 0.167. The van der Waals surface area contributed by atoms with Gasteiger partial charge < -0.3 is 0 Å². The van der Waals surface area contributed by atoms with Gasteiger partial charge in [0.05, 0.1) is 17.4 Å². The van der Waals surface area contributed by atoms with Gasteiger partial charge in [-0.15, -0.1) is 0 Å². The third-order valence-corrected chi connectivity index (χ3v) is 5.99. The van der Waals surface area contributed by atoms with E-state index in [0.29, 0.717) is 10.7 Å². The fourth-order valence-corrected chi connectivity index (χ4v) is 4.44. The van der Waals surface area contributed by atoms with E-state index < -0.39 is 18.1 Å². The Morgan fingerprint density at radius 2 is 1.47 bits per heavy atom. The third kappa shape index (κ3) is 2.90. The summed E-state index contributed by atoms with van der Waals surface area (Å²) in [5.41, 5.74) is 3.12. The molecular formula is C24H19ClN2O3. The lowest BCUT2D eigenvalue weighted by molar-refractivity contribution is -0.126. The minimum absolute atomic E-state index is 0.280. The molecule has 0 spiro atoms. The van der Waals surface area contributed by atoms with E-state index in [1.807, 2.05) is 67.6 Å². The molecule has 0 N–H and O–H groups in total. The van der Waals surface area contributed by atoms with Gasteiger partial charge in [-0.2, -0.15) is 0 Å². The molecule has 0 radical (unpaired) electrons. The van der Waals surface area contributed by atoms with Crippen LogP contribution in [0.1, 0.15) is 17.2 Å². The Morgan fingerprint density at radius 1 is 0.800 bits per heavy atom. The van der Waals surface area contributed by atoms with Crippen LogP contribution in [0.5, 0.6) is 0 Å². The molecule has 0 aliphatic carbocycles. The van der Waals surface area contributed by atoms with Crippen LogP contribution in [-0.4, -0.2) is 17.9 Å². The summed E-state index contributed by atoms with van der Waals surface area (Å²) in [5, 5.41) is 2.18. The number of carbonyl (C=O) groups is 2. The molecule has 2 heterocycles. The Bertz CT molecular complexity index is 1120. The van der Waals surface area contributed by atoms with Gasteiger partial charge in [-0.3, -0.25) is 14.4 Å². The molecule has 5 rings (SSSR count). The molecule has 5 nitrogen and oxygen atoms in total. The highest BCUT2D eigenvalue weighted by molar-refractivity contribution is 6.31. The van der Waals surface area contributed by atoms with Gasteiger partial charge in [-0.05, 0) is 42.8 Å². The number of hydrogen-bond donors (Lipinski definition) is 0. The number of imide groups is 1. The van der Waals surface area contributed by atoms with Crippen molar-refractivity contribution in [3.63, 3.8) is 0 Å². The lowest BCUT2D eigenvalue weighted by Crippen LogP contribution is -2.37. The van der Waals surface area contributed by atoms with Crippen molar-refractivity contribution in [3.05, 3.63) is 95.0 Å². The average molecular weight is 419 g/mol. The summed E-state index contributed by atoms with van der Waals surface area (Å²) in [6, 6.07) is 23.6. The zero-order chi connectivity index (χ0) is 20.8. The predicted molar refractivity (Wildman–Crippen MR) is 115 cm³/mol. The molecule has 0 unspecified atom stereocenters. The Labute approximate surface area is 179 Å². The van der Waals surface area contributed by atoms with Crippen molar-refractivity contribution in [2.75, 3.05) is 9.96 Å². The number of benzene rings is 3. The maximum absolute atomic E-state index is 13.5. The van der Waals surface area contributed by atoms with Gasteiger partial charge in [0.15, 0.2) is 6.10 Å². The van der Waals surface area contributed by atoms with E-state index in [4.69, 9.17) is 16.4 Å². The summed E-state index contributed by atoms with van der Waals surface area (Å²) < 4.78 is 0. The molecule has 0 bridgehead atoms. The molecule has 30 heavy (non-hydrogen) atoms. The van der Waals surface area contributed by atoms with Crippen LogP contribution in [0.2, 0.25) is 5.02 Å². The van der Waals surface area contributed by atoms with Crippen LogP contribution in [0.25, 0.3) is 0 Å². The average Bonchev–Trinajstić information content (AvgIpc) is 3.26. The Morgan fingerprint density at radius 3 is 2.17 bits per heavy atom. The molecule has 0 aromatic heterocycles. The van der Waals surface area contributed by atoms with Crippen LogP contribution < -0.4 is 9.96 Å². The topological polar surface area (TPSA) is 49.9 Å². The number of hydrogen-bond acceptors (Lipinski definition) is 4. The quantitative estimate of drug-likeness (QED) is 0.578.